The Morgan fingerprint density at radius 3 is 2.70 bits per heavy atom. The van der Waals surface area contributed by atoms with Gasteiger partial charge in [-0.1, -0.05) is 12.1 Å². The Hall–Kier alpha value is -2.21. The summed E-state index contributed by atoms with van der Waals surface area (Å²) < 4.78 is 24.1. The lowest BCUT2D eigenvalue weighted by atomic mass is 10.1. The number of rotatable bonds is 4. The maximum atomic E-state index is 13.5. The monoisotopic (exact) mass is 333 g/mol. The van der Waals surface area contributed by atoms with Crippen molar-refractivity contribution < 1.29 is 18.7 Å². The quantitative estimate of drug-likeness (QED) is 0.857. The topological polar surface area (TPSA) is 38.8 Å². The molecule has 1 atom stereocenters. The van der Waals surface area contributed by atoms with Gasteiger partial charge in [0.15, 0.2) is 0 Å². The molecule has 4 nitrogen and oxygen atoms in total. The van der Waals surface area contributed by atoms with Crippen molar-refractivity contribution in [3.63, 3.8) is 0 Å². The first-order chi connectivity index (χ1) is 11.1. The molecular formula is C17H16FNO3S. The molecular weight excluding hydrogens is 317 g/mol. The molecule has 1 heterocycles. The van der Waals surface area contributed by atoms with Crippen LogP contribution >= 0.6 is 11.8 Å². The van der Waals surface area contributed by atoms with Crippen LogP contribution < -0.4 is 14.4 Å². The Kier molecular flexibility index (Phi) is 4.43. The number of hydrogen-bond acceptors (Lipinski definition) is 4. The smallest absolute Gasteiger partial charge is 0.238 e. The van der Waals surface area contributed by atoms with Gasteiger partial charge in [0, 0.05) is 6.07 Å². The Balaban J connectivity index is 2.04. The number of carbonyl (C=O) groups excluding carboxylic acids is 1. The standard InChI is InChI=1S/C17H16FNO3S/c1-21-13-6-7-14(15(9-13)22-2)19-16(20)10-23-17(19)11-4-3-5-12(18)8-11/h3-9,17H,10H2,1-2H3/t17-/m0/s1. The first-order valence-corrected chi connectivity index (χ1v) is 8.10. The highest BCUT2D eigenvalue weighted by Gasteiger charge is 2.35. The van der Waals surface area contributed by atoms with E-state index in [1.807, 2.05) is 6.07 Å². The summed E-state index contributed by atoms with van der Waals surface area (Å²) in [7, 11) is 3.12. The largest absolute Gasteiger partial charge is 0.497 e. The number of anilines is 1. The predicted molar refractivity (Wildman–Crippen MR) is 88.6 cm³/mol. The van der Waals surface area contributed by atoms with Gasteiger partial charge in [0.1, 0.15) is 22.7 Å². The van der Waals surface area contributed by atoms with Crippen molar-refractivity contribution in [2.24, 2.45) is 0 Å². The van der Waals surface area contributed by atoms with E-state index in [4.69, 9.17) is 9.47 Å². The summed E-state index contributed by atoms with van der Waals surface area (Å²) >= 11 is 1.47. The molecule has 0 radical (unpaired) electrons. The summed E-state index contributed by atoms with van der Waals surface area (Å²) in [6.45, 7) is 0. The van der Waals surface area contributed by atoms with Gasteiger partial charge in [-0.2, -0.15) is 0 Å². The molecule has 1 aliphatic rings. The van der Waals surface area contributed by atoms with E-state index >= 15 is 0 Å². The molecule has 120 valence electrons. The van der Waals surface area contributed by atoms with Crippen LogP contribution in [0.25, 0.3) is 0 Å². The highest BCUT2D eigenvalue weighted by Crippen LogP contribution is 2.45. The number of halogens is 1. The summed E-state index contributed by atoms with van der Waals surface area (Å²) in [5.41, 5.74) is 1.40. The van der Waals surface area contributed by atoms with E-state index in [2.05, 4.69) is 0 Å². The second kappa shape index (κ2) is 6.50. The number of thioether (sulfide) groups is 1. The van der Waals surface area contributed by atoms with Crippen LogP contribution in [-0.4, -0.2) is 25.9 Å². The van der Waals surface area contributed by atoms with E-state index in [1.54, 1.807) is 43.4 Å². The molecule has 1 amide bonds. The third kappa shape index (κ3) is 2.99. The number of benzene rings is 2. The molecule has 0 aliphatic carbocycles. The number of carbonyl (C=O) groups is 1. The molecule has 1 saturated heterocycles. The van der Waals surface area contributed by atoms with Crippen molar-refractivity contribution in [1.82, 2.24) is 0 Å². The number of ether oxygens (including phenoxy) is 2. The second-order valence-electron chi connectivity index (χ2n) is 5.02. The molecule has 2 aromatic carbocycles. The Labute approximate surface area is 138 Å². The van der Waals surface area contributed by atoms with Gasteiger partial charge in [0.2, 0.25) is 5.91 Å². The normalized spacial score (nSPS) is 17.4. The van der Waals surface area contributed by atoms with E-state index in [0.717, 1.165) is 5.56 Å². The van der Waals surface area contributed by atoms with E-state index in [0.29, 0.717) is 22.9 Å². The van der Waals surface area contributed by atoms with Crippen LogP contribution in [0, 0.1) is 5.82 Å². The third-order valence-corrected chi connectivity index (χ3v) is 4.86. The minimum absolute atomic E-state index is 0.0345. The van der Waals surface area contributed by atoms with Gasteiger partial charge in [-0.3, -0.25) is 9.69 Å². The van der Waals surface area contributed by atoms with Crippen molar-refractivity contribution in [2.75, 3.05) is 24.9 Å². The molecule has 0 saturated carbocycles. The molecule has 0 unspecified atom stereocenters. The van der Waals surface area contributed by atoms with Gasteiger partial charge >= 0.3 is 0 Å². The van der Waals surface area contributed by atoms with Gasteiger partial charge in [-0.15, -0.1) is 11.8 Å². The average molecular weight is 333 g/mol. The van der Waals surface area contributed by atoms with E-state index in [9.17, 15) is 9.18 Å². The zero-order chi connectivity index (χ0) is 16.4. The molecule has 2 aromatic rings. The molecule has 3 rings (SSSR count). The molecule has 1 fully saturated rings. The van der Waals surface area contributed by atoms with Crippen molar-refractivity contribution in [3.8, 4) is 11.5 Å². The summed E-state index contributed by atoms with van der Waals surface area (Å²) in [6, 6.07) is 11.6. The summed E-state index contributed by atoms with van der Waals surface area (Å²) in [5.74, 6) is 1.18. The molecule has 0 aromatic heterocycles. The van der Waals surface area contributed by atoms with E-state index in [-0.39, 0.29) is 17.1 Å². The van der Waals surface area contributed by atoms with Crippen LogP contribution in [0.1, 0.15) is 10.9 Å². The zero-order valence-electron chi connectivity index (χ0n) is 12.8. The SMILES string of the molecule is COc1ccc(N2C(=O)CS[C@H]2c2cccc(F)c2)c(OC)c1. The van der Waals surface area contributed by atoms with Gasteiger partial charge in [-0.25, -0.2) is 4.39 Å². The van der Waals surface area contributed by atoms with E-state index in [1.165, 1.54) is 23.9 Å². The molecule has 1 aliphatic heterocycles. The van der Waals surface area contributed by atoms with Crippen LogP contribution in [0.15, 0.2) is 42.5 Å². The molecule has 0 bridgehead atoms. The van der Waals surface area contributed by atoms with Crippen LogP contribution in [0.2, 0.25) is 0 Å². The highest BCUT2D eigenvalue weighted by atomic mass is 32.2. The highest BCUT2D eigenvalue weighted by molar-refractivity contribution is 8.00. The number of methoxy groups -OCH3 is 2. The maximum Gasteiger partial charge on any atom is 0.238 e. The molecule has 0 N–H and O–H groups in total. The van der Waals surface area contributed by atoms with Crippen LogP contribution in [-0.2, 0) is 4.79 Å². The van der Waals surface area contributed by atoms with Gasteiger partial charge in [0.05, 0.1) is 25.7 Å². The maximum absolute atomic E-state index is 13.5. The second-order valence-corrected chi connectivity index (χ2v) is 6.09. The lowest BCUT2D eigenvalue weighted by Gasteiger charge is -2.26. The van der Waals surface area contributed by atoms with Crippen LogP contribution in [0.5, 0.6) is 11.5 Å². The van der Waals surface area contributed by atoms with Crippen molar-refractivity contribution in [1.29, 1.82) is 0 Å². The minimum atomic E-state index is -0.316. The Bertz CT molecular complexity index is 738. The number of nitrogens with zero attached hydrogens (tertiary/aromatic N) is 1. The van der Waals surface area contributed by atoms with Gasteiger partial charge in [0.25, 0.3) is 0 Å². The van der Waals surface area contributed by atoms with Crippen LogP contribution in [0.4, 0.5) is 10.1 Å². The summed E-state index contributed by atoms with van der Waals surface area (Å²) in [5, 5.41) is -0.277. The third-order valence-electron chi connectivity index (χ3n) is 3.65. The Morgan fingerprint density at radius 2 is 2.00 bits per heavy atom. The van der Waals surface area contributed by atoms with Gasteiger partial charge < -0.3 is 9.47 Å². The fraction of sp³-hybridized carbons (Fsp3) is 0.235. The molecule has 0 spiro atoms. The molecule has 23 heavy (non-hydrogen) atoms. The van der Waals surface area contributed by atoms with Crippen molar-refractivity contribution in [3.05, 3.63) is 53.8 Å². The average Bonchev–Trinajstić information content (AvgIpc) is 2.95. The number of amides is 1. The summed E-state index contributed by atoms with van der Waals surface area (Å²) in [4.78, 5) is 14.0. The van der Waals surface area contributed by atoms with E-state index < -0.39 is 0 Å². The van der Waals surface area contributed by atoms with Crippen molar-refractivity contribution >= 4 is 23.4 Å². The predicted octanol–water partition coefficient (Wildman–Crippen LogP) is 3.62. The fourth-order valence-corrected chi connectivity index (χ4v) is 3.73. The lowest BCUT2D eigenvalue weighted by Crippen LogP contribution is -2.28. The minimum Gasteiger partial charge on any atom is -0.497 e. The van der Waals surface area contributed by atoms with Gasteiger partial charge in [-0.05, 0) is 29.8 Å². The number of hydrogen-bond donors (Lipinski definition) is 0. The lowest BCUT2D eigenvalue weighted by molar-refractivity contribution is -0.115. The first kappa shape index (κ1) is 15.7. The fourth-order valence-electron chi connectivity index (χ4n) is 2.58. The van der Waals surface area contributed by atoms with Crippen LogP contribution in [0.3, 0.4) is 0 Å². The molecule has 6 heteroatoms. The zero-order valence-corrected chi connectivity index (χ0v) is 13.6. The Morgan fingerprint density at radius 1 is 1.17 bits per heavy atom. The summed E-state index contributed by atoms with van der Waals surface area (Å²) in [6.07, 6.45) is 0. The first-order valence-electron chi connectivity index (χ1n) is 7.05. The van der Waals surface area contributed by atoms with Crippen molar-refractivity contribution in [2.45, 2.75) is 5.37 Å².